The quantitative estimate of drug-likeness (QED) is 0.645. The van der Waals surface area contributed by atoms with Crippen LogP contribution in [-0.4, -0.2) is 31.0 Å². The topological polar surface area (TPSA) is 38.3 Å². The molecule has 0 aliphatic heterocycles. The first-order valence-corrected chi connectivity index (χ1v) is 6.52. The van der Waals surface area contributed by atoms with Gasteiger partial charge >= 0.3 is 0 Å². The Balaban J connectivity index is 2.39. The number of carbonyl (C=O) groups excluding carboxylic acids is 1. The molecular weight excluding hydrogens is 312 g/mol. The minimum absolute atomic E-state index is 0.00204. The fraction of sp³-hybridized carbons (Fsp3) is 0.364. The van der Waals surface area contributed by atoms with E-state index in [1.807, 2.05) is 0 Å². The number of benzene rings is 1. The highest BCUT2D eigenvalue weighted by atomic mass is 79.9. The highest BCUT2D eigenvalue weighted by Gasteiger charge is 2.07. The van der Waals surface area contributed by atoms with Crippen molar-refractivity contribution < 1.29 is 13.9 Å². The zero-order valence-electron chi connectivity index (χ0n) is 9.01. The number of alkyl halides is 1. The molecule has 0 aliphatic rings. The fourth-order valence-corrected chi connectivity index (χ4v) is 1.48. The van der Waals surface area contributed by atoms with E-state index in [0.717, 1.165) is 11.4 Å². The summed E-state index contributed by atoms with van der Waals surface area (Å²) in [6.07, 6.45) is 0. The second kappa shape index (κ2) is 7.63. The number of carbonyl (C=O) groups is 1. The van der Waals surface area contributed by atoms with Crippen LogP contribution in [0.2, 0.25) is 5.02 Å². The third kappa shape index (κ3) is 5.02. The van der Waals surface area contributed by atoms with Crippen LogP contribution in [0.25, 0.3) is 0 Å². The molecule has 1 aromatic carbocycles. The third-order valence-corrected chi connectivity index (χ3v) is 2.57. The molecule has 0 saturated heterocycles. The van der Waals surface area contributed by atoms with Crippen LogP contribution in [0.3, 0.4) is 0 Å². The summed E-state index contributed by atoms with van der Waals surface area (Å²) in [5.74, 6) is -0.946. The number of rotatable bonds is 6. The molecule has 0 unspecified atom stereocenters. The van der Waals surface area contributed by atoms with Crippen LogP contribution < -0.4 is 5.32 Å². The summed E-state index contributed by atoms with van der Waals surface area (Å²) in [6.45, 7) is 1.40. The second-order valence-corrected chi connectivity index (χ2v) is 4.39. The van der Waals surface area contributed by atoms with Crippen LogP contribution in [0.15, 0.2) is 18.2 Å². The van der Waals surface area contributed by atoms with Crippen LogP contribution in [0.5, 0.6) is 0 Å². The first-order chi connectivity index (χ1) is 8.15. The van der Waals surface area contributed by atoms with Crippen LogP contribution in [0.4, 0.5) is 4.39 Å². The Morgan fingerprint density at radius 1 is 1.47 bits per heavy atom. The summed E-state index contributed by atoms with van der Waals surface area (Å²) in [5.41, 5.74) is 0.243. The highest BCUT2D eigenvalue weighted by molar-refractivity contribution is 9.09. The molecule has 0 heterocycles. The van der Waals surface area contributed by atoms with E-state index in [0.29, 0.717) is 19.8 Å². The van der Waals surface area contributed by atoms with Gasteiger partial charge in [-0.3, -0.25) is 4.79 Å². The Hall–Kier alpha value is -0.650. The average Bonchev–Trinajstić information content (AvgIpc) is 2.32. The zero-order chi connectivity index (χ0) is 12.7. The molecule has 0 aliphatic carbocycles. The van der Waals surface area contributed by atoms with E-state index in [9.17, 15) is 9.18 Å². The maximum atomic E-state index is 13.1. The van der Waals surface area contributed by atoms with E-state index in [2.05, 4.69) is 21.2 Å². The van der Waals surface area contributed by atoms with Crippen molar-refractivity contribution in [2.75, 3.05) is 25.1 Å². The number of halogens is 3. The van der Waals surface area contributed by atoms with E-state index in [1.165, 1.54) is 12.1 Å². The maximum Gasteiger partial charge on any atom is 0.251 e. The van der Waals surface area contributed by atoms with Gasteiger partial charge in [0.05, 0.1) is 18.2 Å². The van der Waals surface area contributed by atoms with Crippen molar-refractivity contribution in [3.63, 3.8) is 0 Å². The predicted octanol–water partition coefficient (Wildman–Crippen LogP) is 2.62. The highest BCUT2D eigenvalue weighted by Crippen LogP contribution is 2.15. The minimum atomic E-state index is -0.602. The molecule has 17 heavy (non-hydrogen) atoms. The molecule has 1 rings (SSSR count). The molecule has 1 N–H and O–H groups in total. The molecule has 1 amide bonds. The van der Waals surface area contributed by atoms with Crippen LogP contribution in [-0.2, 0) is 4.74 Å². The molecule has 0 atom stereocenters. The Morgan fingerprint density at radius 3 is 2.88 bits per heavy atom. The molecule has 0 bridgehead atoms. The summed E-state index contributed by atoms with van der Waals surface area (Å²) in [5, 5.41) is 3.37. The summed E-state index contributed by atoms with van der Waals surface area (Å²) >= 11 is 8.73. The van der Waals surface area contributed by atoms with Gasteiger partial charge in [0.25, 0.3) is 5.91 Å². The molecular formula is C11H12BrClFNO2. The summed E-state index contributed by atoms with van der Waals surface area (Å²) < 4.78 is 18.2. The Morgan fingerprint density at radius 2 is 2.24 bits per heavy atom. The molecule has 0 saturated carbocycles. The van der Waals surface area contributed by atoms with Crippen molar-refractivity contribution in [1.29, 1.82) is 0 Å². The van der Waals surface area contributed by atoms with Crippen LogP contribution in [0.1, 0.15) is 10.4 Å². The van der Waals surface area contributed by atoms with Crippen molar-refractivity contribution in [1.82, 2.24) is 5.32 Å². The smallest absolute Gasteiger partial charge is 0.251 e. The summed E-state index contributed by atoms with van der Waals surface area (Å²) in [4.78, 5) is 11.6. The molecule has 0 spiro atoms. The van der Waals surface area contributed by atoms with Gasteiger partial charge in [-0.1, -0.05) is 27.5 Å². The number of hydrogen-bond acceptors (Lipinski definition) is 2. The summed E-state index contributed by atoms with van der Waals surface area (Å²) in [7, 11) is 0. The minimum Gasteiger partial charge on any atom is -0.379 e. The van der Waals surface area contributed by atoms with Crippen LogP contribution >= 0.6 is 27.5 Å². The van der Waals surface area contributed by atoms with E-state index in [-0.39, 0.29) is 16.5 Å². The van der Waals surface area contributed by atoms with E-state index < -0.39 is 5.82 Å². The van der Waals surface area contributed by atoms with E-state index in [4.69, 9.17) is 16.3 Å². The van der Waals surface area contributed by atoms with E-state index >= 15 is 0 Å². The Kier molecular flexibility index (Phi) is 6.47. The van der Waals surface area contributed by atoms with Gasteiger partial charge in [-0.2, -0.15) is 0 Å². The van der Waals surface area contributed by atoms with Crippen molar-refractivity contribution >= 4 is 33.4 Å². The van der Waals surface area contributed by atoms with Crippen molar-refractivity contribution in [2.45, 2.75) is 0 Å². The monoisotopic (exact) mass is 323 g/mol. The lowest BCUT2D eigenvalue weighted by molar-refractivity contribution is 0.0923. The molecule has 0 aromatic heterocycles. The van der Waals surface area contributed by atoms with Gasteiger partial charge in [-0.25, -0.2) is 4.39 Å². The van der Waals surface area contributed by atoms with Gasteiger partial charge in [-0.15, -0.1) is 0 Å². The number of nitrogens with one attached hydrogen (secondary N) is 1. The lowest BCUT2D eigenvalue weighted by Crippen LogP contribution is -2.27. The van der Waals surface area contributed by atoms with Gasteiger partial charge in [-0.05, 0) is 18.2 Å². The molecule has 94 valence electrons. The lowest BCUT2D eigenvalue weighted by atomic mass is 10.2. The number of amides is 1. The zero-order valence-corrected chi connectivity index (χ0v) is 11.4. The van der Waals surface area contributed by atoms with Crippen molar-refractivity contribution in [2.24, 2.45) is 0 Å². The van der Waals surface area contributed by atoms with Crippen LogP contribution in [0, 0.1) is 5.82 Å². The molecule has 3 nitrogen and oxygen atoms in total. The maximum absolute atomic E-state index is 13.1. The average molecular weight is 325 g/mol. The van der Waals surface area contributed by atoms with E-state index in [1.54, 1.807) is 0 Å². The number of hydrogen-bond donors (Lipinski definition) is 1. The Bertz CT molecular complexity index is 390. The second-order valence-electron chi connectivity index (χ2n) is 3.19. The fourth-order valence-electron chi connectivity index (χ4n) is 1.13. The normalized spacial score (nSPS) is 10.3. The Labute approximate surface area is 112 Å². The molecule has 0 radical (unpaired) electrons. The van der Waals surface area contributed by atoms with Gasteiger partial charge < -0.3 is 10.1 Å². The standard InChI is InChI=1S/C11H12BrClFNO2/c12-3-5-17-6-4-15-11(16)8-1-2-9(13)10(14)7-8/h1-2,7H,3-6H2,(H,15,16). The summed E-state index contributed by atoms with van der Waals surface area (Å²) in [6, 6.07) is 3.93. The first kappa shape index (κ1) is 14.4. The lowest BCUT2D eigenvalue weighted by Gasteiger charge is -2.06. The number of ether oxygens (including phenoxy) is 1. The molecule has 0 fully saturated rings. The molecule has 6 heteroatoms. The SMILES string of the molecule is O=C(NCCOCCBr)c1ccc(Cl)c(F)c1. The predicted molar refractivity (Wildman–Crippen MR) is 68.4 cm³/mol. The van der Waals surface area contributed by atoms with Gasteiger partial charge in [0.15, 0.2) is 0 Å². The van der Waals surface area contributed by atoms with Crippen molar-refractivity contribution in [3.8, 4) is 0 Å². The van der Waals surface area contributed by atoms with Gasteiger partial charge in [0, 0.05) is 17.4 Å². The van der Waals surface area contributed by atoms with Gasteiger partial charge in [0.2, 0.25) is 0 Å². The third-order valence-electron chi connectivity index (χ3n) is 1.94. The largest absolute Gasteiger partial charge is 0.379 e. The van der Waals surface area contributed by atoms with Crippen molar-refractivity contribution in [3.05, 3.63) is 34.6 Å². The van der Waals surface area contributed by atoms with Gasteiger partial charge in [0.1, 0.15) is 5.82 Å². The molecule has 1 aromatic rings. The first-order valence-electron chi connectivity index (χ1n) is 5.02.